The summed E-state index contributed by atoms with van der Waals surface area (Å²) in [4.78, 5) is 0. The van der Waals surface area contributed by atoms with Crippen LogP contribution in [0.25, 0.3) is 0 Å². The Balaban J connectivity index is 2.45. The van der Waals surface area contributed by atoms with E-state index in [1.54, 1.807) is 0 Å². The number of nitrogens with one attached hydrogen (secondary N) is 1. The number of hydrogen-bond acceptors (Lipinski definition) is 1. The maximum atomic E-state index is 5.88. The zero-order chi connectivity index (χ0) is 9.68. The third-order valence-corrected chi connectivity index (χ3v) is 2.48. The van der Waals surface area contributed by atoms with E-state index in [9.17, 15) is 0 Å². The number of halogens is 1. The molecule has 0 saturated heterocycles. The van der Waals surface area contributed by atoms with Crippen molar-refractivity contribution in [2.45, 2.75) is 25.8 Å². The molecule has 72 valence electrons. The molecule has 1 rings (SSSR count). The van der Waals surface area contributed by atoms with Gasteiger partial charge in [0.05, 0.1) is 0 Å². The van der Waals surface area contributed by atoms with Gasteiger partial charge in [0.2, 0.25) is 0 Å². The minimum absolute atomic E-state index is 0.569. The molecule has 1 aromatic carbocycles. The highest BCUT2D eigenvalue weighted by Gasteiger charge is 1.99. The summed E-state index contributed by atoms with van der Waals surface area (Å²) >= 11 is 5.88. The van der Waals surface area contributed by atoms with Crippen molar-refractivity contribution in [2.75, 3.05) is 7.05 Å². The molecule has 0 bridgehead atoms. The summed E-state index contributed by atoms with van der Waals surface area (Å²) in [5, 5.41) is 4.05. The molecule has 0 aliphatic heterocycles. The van der Waals surface area contributed by atoms with Gasteiger partial charge >= 0.3 is 0 Å². The summed E-state index contributed by atoms with van der Waals surface area (Å²) in [6, 6.07) is 8.63. The second-order valence-corrected chi connectivity index (χ2v) is 3.79. The Kier molecular flexibility index (Phi) is 4.26. The predicted molar refractivity (Wildman–Crippen MR) is 58.3 cm³/mol. The first-order valence-corrected chi connectivity index (χ1v) is 5.02. The monoisotopic (exact) mass is 197 g/mol. The molecular weight excluding hydrogens is 182 g/mol. The van der Waals surface area contributed by atoms with Gasteiger partial charge in [-0.1, -0.05) is 23.7 Å². The zero-order valence-electron chi connectivity index (χ0n) is 8.18. The minimum Gasteiger partial charge on any atom is -0.317 e. The quantitative estimate of drug-likeness (QED) is 0.783. The van der Waals surface area contributed by atoms with Crippen molar-refractivity contribution in [3.63, 3.8) is 0 Å². The molecule has 0 heterocycles. The van der Waals surface area contributed by atoms with Crippen LogP contribution in [0.1, 0.15) is 18.9 Å². The molecule has 0 fully saturated rings. The Morgan fingerprint density at radius 3 is 2.85 bits per heavy atom. The normalized spacial score (nSPS) is 12.8. The first-order valence-electron chi connectivity index (χ1n) is 4.64. The van der Waals surface area contributed by atoms with E-state index >= 15 is 0 Å². The van der Waals surface area contributed by atoms with Crippen LogP contribution in [-0.4, -0.2) is 13.1 Å². The third kappa shape index (κ3) is 3.79. The van der Waals surface area contributed by atoms with Gasteiger partial charge in [-0.25, -0.2) is 0 Å². The van der Waals surface area contributed by atoms with E-state index in [0.717, 1.165) is 17.9 Å². The maximum Gasteiger partial charge on any atom is 0.0408 e. The largest absolute Gasteiger partial charge is 0.317 e. The highest BCUT2D eigenvalue weighted by molar-refractivity contribution is 6.30. The van der Waals surface area contributed by atoms with Crippen molar-refractivity contribution >= 4 is 11.6 Å². The van der Waals surface area contributed by atoms with Crippen LogP contribution in [0, 0.1) is 0 Å². The van der Waals surface area contributed by atoms with E-state index in [0.29, 0.717) is 6.04 Å². The lowest BCUT2D eigenvalue weighted by molar-refractivity contribution is 0.565. The molecule has 0 aromatic heterocycles. The molecule has 0 amide bonds. The van der Waals surface area contributed by atoms with Gasteiger partial charge in [-0.05, 0) is 44.5 Å². The Labute approximate surface area is 85.1 Å². The summed E-state index contributed by atoms with van der Waals surface area (Å²) in [5.74, 6) is 0. The summed E-state index contributed by atoms with van der Waals surface area (Å²) in [7, 11) is 1.99. The van der Waals surface area contributed by atoms with Crippen molar-refractivity contribution in [1.82, 2.24) is 5.32 Å². The number of hydrogen-bond donors (Lipinski definition) is 1. The molecule has 1 N–H and O–H groups in total. The van der Waals surface area contributed by atoms with Crippen LogP contribution in [0.15, 0.2) is 24.3 Å². The molecule has 0 aliphatic rings. The summed E-state index contributed by atoms with van der Waals surface area (Å²) in [5.41, 5.74) is 1.31. The number of rotatable bonds is 4. The molecule has 0 unspecified atom stereocenters. The highest BCUT2D eigenvalue weighted by Crippen LogP contribution is 2.12. The van der Waals surface area contributed by atoms with Gasteiger partial charge < -0.3 is 5.32 Å². The molecule has 1 atom stereocenters. The Hall–Kier alpha value is -0.530. The van der Waals surface area contributed by atoms with E-state index in [4.69, 9.17) is 11.6 Å². The van der Waals surface area contributed by atoms with E-state index in [1.807, 2.05) is 25.2 Å². The zero-order valence-corrected chi connectivity index (χ0v) is 8.93. The van der Waals surface area contributed by atoms with Crippen LogP contribution in [0.5, 0.6) is 0 Å². The van der Waals surface area contributed by atoms with Gasteiger partial charge in [0.1, 0.15) is 0 Å². The third-order valence-electron chi connectivity index (χ3n) is 2.25. The molecular formula is C11H16ClN. The number of aryl methyl sites for hydroxylation is 1. The first-order chi connectivity index (χ1) is 6.22. The molecule has 0 saturated carbocycles. The van der Waals surface area contributed by atoms with Crippen molar-refractivity contribution in [3.8, 4) is 0 Å². The number of benzene rings is 1. The second kappa shape index (κ2) is 5.25. The fourth-order valence-corrected chi connectivity index (χ4v) is 1.43. The van der Waals surface area contributed by atoms with Gasteiger partial charge in [0.15, 0.2) is 0 Å². The van der Waals surface area contributed by atoms with Gasteiger partial charge in [-0.3, -0.25) is 0 Å². The summed E-state index contributed by atoms with van der Waals surface area (Å²) in [6.07, 6.45) is 2.24. The van der Waals surface area contributed by atoms with E-state index in [-0.39, 0.29) is 0 Å². The fourth-order valence-electron chi connectivity index (χ4n) is 1.22. The average molecular weight is 198 g/mol. The van der Waals surface area contributed by atoms with Crippen molar-refractivity contribution in [1.29, 1.82) is 0 Å². The Bertz CT molecular complexity index is 260. The van der Waals surface area contributed by atoms with Crippen LogP contribution < -0.4 is 5.32 Å². The van der Waals surface area contributed by atoms with Crippen LogP contribution in [0.3, 0.4) is 0 Å². The van der Waals surface area contributed by atoms with Crippen LogP contribution in [0.4, 0.5) is 0 Å². The predicted octanol–water partition coefficient (Wildman–Crippen LogP) is 2.88. The average Bonchev–Trinajstić information content (AvgIpc) is 2.14. The SMILES string of the molecule is CN[C@@H](C)CCc1cccc(Cl)c1. The standard InChI is InChI=1S/C11H16ClN/c1-9(13-2)6-7-10-4-3-5-11(12)8-10/h3-5,8-9,13H,6-7H2,1-2H3/t9-/m0/s1. The lowest BCUT2D eigenvalue weighted by atomic mass is 10.1. The van der Waals surface area contributed by atoms with Gasteiger partial charge in [-0.2, -0.15) is 0 Å². The Morgan fingerprint density at radius 2 is 2.23 bits per heavy atom. The lowest BCUT2D eigenvalue weighted by Crippen LogP contribution is -2.21. The molecule has 0 spiro atoms. The van der Waals surface area contributed by atoms with Gasteiger partial charge in [0, 0.05) is 11.1 Å². The fraction of sp³-hybridized carbons (Fsp3) is 0.455. The smallest absolute Gasteiger partial charge is 0.0408 e. The summed E-state index contributed by atoms with van der Waals surface area (Å²) in [6.45, 7) is 2.19. The molecule has 0 aliphatic carbocycles. The van der Waals surface area contributed by atoms with E-state index in [2.05, 4.69) is 18.3 Å². The van der Waals surface area contributed by atoms with Crippen LogP contribution in [-0.2, 0) is 6.42 Å². The highest BCUT2D eigenvalue weighted by atomic mass is 35.5. The van der Waals surface area contributed by atoms with Gasteiger partial charge in [-0.15, -0.1) is 0 Å². The maximum absolute atomic E-state index is 5.88. The van der Waals surface area contributed by atoms with Crippen LogP contribution >= 0.6 is 11.6 Å². The Morgan fingerprint density at radius 1 is 1.46 bits per heavy atom. The second-order valence-electron chi connectivity index (χ2n) is 3.36. The molecule has 1 nitrogen and oxygen atoms in total. The van der Waals surface area contributed by atoms with Crippen molar-refractivity contribution < 1.29 is 0 Å². The summed E-state index contributed by atoms with van der Waals surface area (Å²) < 4.78 is 0. The van der Waals surface area contributed by atoms with Crippen LogP contribution in [0.2, 0.25) is 5.02 Å². The lowest BCUT2D eigenvalue weighted by Gasteiger charge is -2.09. The molecule has 0 radical (unpaired) electrons. The van der Waals surface area contributed by atoms with E-state index in [1.165, 1.54) is 5.56 Å². The molecule has 2 heteroatoms. The van der Waals surface area contributed by atoms with Gasteiger partial charge in [0.25, 0.3) is 0 Å². The van der Waals surface area contributed by atoms with Crippen molar-refractivity contribution in [2.24, 2.45) is 0 Å². The first kappa shape index (κ1) is 10.6. The minimum atomic E-state index is 0.569. The topological polar surface area (TPSA) is 12.0 Å². The molecule has 13 heavy (non-hydrogen) atoms. The van der Waals surface area contributed by atoms with E-state index < -0.39 is 0 Å². The van der Waals surface area contributed by atoms with Crippen molar-refractivity contribution in [3.05, 3.63) is 34.9 Å². The molecule has 1 aromatic rings.